The number of ether oxygens (including phenoxy) is 2. The van der Waals surface area contributed by atoms with Crippen LogP contribution in [0.1, 0.15) is 34.3 Å². The first-order chi connectivity index (χ1) is 15.5. The largest absolute Gasteiger partial charge is 0.495 e. The van der Waals surface area contributed by atoms with Crippen molar-refractivity contribution in [1.29, 1.82) is 0 Å². The maximum Gasteiger partial charge on any atom is 0.291 e. The van der Waals surface area contributed by atoms with Crippen molar-refractivity contribution in [2.45, 2.75) is 13.3 Å². The molecule has 0 bridgehead atoms. The molecule has 0 atom stereocenters. The number of benzene rings is 2. The van der Waals surface area contributed by atoms with Crippen LogP contribution in [0.2, 0.25) is 0 Å². The number of carbonyl (C=O) groups excluding carboxylic acids is 2. The lowest BCUT2D eigenvalue weighted by Gasteiger charge is -2.14. The second-order valence-corrected chi connectivity index (χ2v) is 7.04. The van der Waals surface area contributed by atoms with Crippen molar-refractivity contribution in [2.75, 3.05) is 24.4 Å². The number of hydrogen-bond acceptors (Lipinski definition) is 6. The minimum Gasteiger partial charge on any atom is -0.495 e. The van der Waals surface area contributed by atoms with Gasteiger partial charge in [0.15, 0.2) is 10.9 Å². The molecule has 3 N–H and O–H groups in total. The number of nitrogens with one attached hydrogen (secondary N) is 3. The third kappa shape index (κ3) is 6.08. The summed E-state index contributed by atoms with van der Waals surface area (Å²) in [5.74, 6) is 0.598. The fourth-order valence-corrected chi connectivity index (χ4v) is 2.94. The molecule has 0 fully saturated rings. The molecule has 8 nitrogen and oxygen atoms in total. The molecular formula is C23H23N3O5S. The molecular weight excluding hydrogens is 430 g/mol. The van der Waals surface area contributed by atoms with E-state index >= 15 is 0 Å². The van der Waals surface area contributed by atoms with Gasteiger partial charge in [-0.15, -0.1) is 0 Å². The van der Waals surface area contributed by atoms with Gasteiger partial charge in [-0.25, -0.2) is 0 Å². The van der Waals surface area contributed by atoms with E-state index in [1.54, 1.807) is 54.6 Å². The first kappa shape index (κ1) is 22.8. The fraction of sp³-hybridized carbons (Fsp3) is 0.174. The molecule has 2 aromatic carbocycles. The summed E-state index contributed by atoms with van der Waals surface area (Å²) in [6.07, 6.45) is 2.32. The van der Waals surface area contributed by atoms with Crippen molar-refractivity contribution in [3.63, 3.8) is 0 Å². The zero-order valence-electron chi connectivity index (χ0n) is 17.6. The van der Waals surface area contributed by atoms with Gasteiger partial charge in [0.25, 0.3) is 11.8 Å². The van der Waals surface area contributed by atoms with Crippen molar-refractivity contribution < 1.29 is 23.5 Å². The molecule has 0 saturated heterocycles. The molecule has 166 valence electrons. The Hall–Kier alpha value is -3.85. The lowest BCUT2D eigenvalue weighted by molar-refractivity contribution is 0.0975. The molecule has 32 heavy (non-hydrogen) atoms. The number of thiocarbonyl (C=S) groups is 1. The predicted octanol–water partition coefficient (Wildman–Crippen LogP) is 4.46. The van der Waals surface area contributed by atoms with Crippen LogP contribution < -0.4 is 25.4 Å². The van der Waals surface area contributed by atoms with Crippen molar-refractivity contribution in [3.05, 3.63) is 72.2 Å². The fourth-order valence-electron chi connectivity index (χ4n) is 2.74. The summed E-state index contributed by atoms with van der Waals surface area (Å²) in [5.41, 5.74) is 1.40. The molecule has 3 aromatic rings. The van der Waals surface area contributed by atoms with Crippen LogP contribution in [0.5, 0.6) is 11.5 Å². The predicted molar refractivity (Wildman–Crippen MR) is 126 cm³/mol. The van der Waals surface area contributed by atoms with Gasteiger partial charge >= 0.3 is 0 Å². The summed E-state index contributed by atoms with van der Waals surface area (Å²) in [6.45, 7) is 2.63. The molecule has 0 aliphatic rings. The molecule has 0 unspecified atom stereocenters. The van der Waals surface area contributed by atoms with Crippen LogP contribution in [-0.2, 0) is 0 Å². The first-order valence-electron chi connectivity index (χ1n) is 9.88. The Morgan fingerprint density at radius 2 is 1.81 bits per heavy atom. The van der Waals surface area contributed by atoms with Gasteiger partial charge in [-0.1, -0.05) is 6.92 Å². The molecule has 1 heterocycles. The number of furan rings is 1. The van der Waals surface area contributed by atoms with Crippen molar-refractivity contribution >= 4 is 40.5 Å². The molecule has 0 radical (unpaired) electrons. The first-order valence-corrected chi connectivity index (χ1v) is 10.3. The lowest BCUT2D eigenvalue weighted by Crippen LogP contribution is -2.34. The third-order valence-electron chi connectivity index (χ3n) is 4.27. The monoisotopic (exact) mass is 453 g/mol. The SMILES string of the molecule is CCCOc1ccc(C(=O)NC(=S)Nc2cc(NC(=O)c3ccco3)ccc2OC)cc1. The Bertz CT molecular complexity index is 1080. The molecule has 0 saturated carbocycles. The Morgan fingerprint density at radius 3 is 2.47 bits per heavy atom. The molecule has 2 amide bonds. The average molecular weight is 454 g/mol. The number of hydrogen-bond donors (Lipinski definition) is 3. The Balaban J connectivity index is 1.64. The van der Waals surface area contributed by atoms with Crippen molar-refractivity contribution in [1.82, 2.24) is 5.32 Å². The highest BCUT2D eigenvalue weighted by molar-refractivity contribution is 7.80. The van der Waals surface area contributed by atoms with Gasteiger partial charge in [-0.2, -0.15) is 0 Å². The normalized spacial score (nSPS) is 10.2. The van der Waals surface area contributed by atoms with E-state index in [2.05, 4.69) is 16.0 Å². The van der Waals surface area contributed by atoms with Crippen molar-refractivity contribution in [2.24, 2.45) is 0 Å². The Morgan fingerprint density at radius 1 is 1.03 bits per heavy atom. The number of carbonyl (C=O) groups is 2. The highest BCUT2D eigenvalue weighted by atomic mass is 32.1. The summed E-state index contributed by atoms with van der Waals surface area (Å²) in [7, 11) is 1.51. The number of rotatable bonds is 8. The molecule has 0 spiro atoms. The van der Waals surface area contributed by atoms with Crippen LogP contribution in [0, 0.1) is 0 Å². The molecule has 3 rings (SSSR count). The second-order valence-electron chi connectivity index (χ2n) is 6.63. The minimum absolute atomic E-state index is 0.0779. The summed E-state index contributed by atoms with van der Waals surface area (Å²) >= 11 is 5.27. The molecule has 0 aliphatic heterocycles. The summed E-state index contributed by atoms with van der Waals surface area (Å²) < 4.78 is 15.9. The summed E-state index contributed by atoms with van der Waals surface area (Å²) in [4.78, 5) is 24.7. The van der Waals surface area contributed by atoms with Crippen LogP contribution >= 0.6 is 12.2 Å². The van der Waals surface area contributed by atoms with Crippen molar-refractivity contribution in [3.8, 4) is 11.5 Å². The van der Waals surface area contributed by atoms with Crippen LogP contribution in [0.4, 0.5) is 11.4 Å². The minimum atomic E-state index is -0.395. The van der Waals surface area contributed by atoms with E-state index in [1.807, 2.05) is 6.92 Å². The standard InChI is InChI=1S/C23H23N3O5S/c1-3-12-30-17-9-6-15(7-10-17)21(27)26-23(32)25-18-14-16(8-11-19(18)29-2)24-22(28)20-5-4-13-31-20/h4-11,13-14H,3,12H2,1-2H3,(H,24,28)(H2,25,26,27,32). The van der Waals surface area contributed by atoms with Gasteiger partial charge in [0, 0.05) is 11.3 Å². The maximum absolute atomic E-state index is 12.5. The van der Waals surface area contributed by atoms with Gasteiger partial charge < -0.3 is 24.5 Å². The van der Waals surface area contributed by atoms with Gasteiger partial charge in [0.2, 0.25) is 0 Å². The molecule has 0 aliphatic carbocycles. The van der Waals surface area contributed by atoms with Gasteiger partial charge in [-0.3, -0.25) is 14.9 Å². The van der Waals surface area contributed by atoms with Gasteiger partial charge in [0.1, 0.15) is 11.5 Å². The topological polar surface area (TPSA) is 102 Å². The lowest BCUT2D eigenvalue weighted by atomic mass is 10.2. The van der Waals surface area contributed by atoms with E-state index in [1.165, 1.54) is 13.4 Å². The smallest absolute Gasteiger partial charge is 0.291 e. The zero-order valence-corrected chi connectivity index (χ0v) is 18.5. The van der Waals surface area contributed by atoms with E-state index in [4.69, 9.17) is 26.1 Å². The molecule has 9 heteroatoms. The van der Waals surface area contributed by atoms with Gasteiger partial charge in [-0.05, 0) is 73.2 Å². The Kier molecular flexibility index (Phi) is 7.82. The number of anilines is 2. The van der Waals surface area contributed by atoms with Crippen LogP contribution in [0.25, 0.3) is 0 Å². The highest BCUT2D eigenvalue weighted by Gasteiger charge is 2.13. The zero-order chi connectivity index (χ0) is 22.9. The third-order valence-corrected chi connectivity index (χ3v) is 4.47. The van der Waals surface area contributed by atoms with E-state index < -0.39 is 5.91 Å². The number of amides is 2. The number of methoxy groups -OCH3 is 1. The summed E-state index contributed by atoms with van der Waals surface area (Å²) in [5, 5.41) is 8.35. The summed E-state index contributed by atoms with van der Waals surface area (Å²) in [6, 6.07) is 15.0. The highest BCUT2D eigenvalue weighted by Crippen LogP contribution is 2.28. The van der Waals surface area contributed by atoms with E-state index in [0.717, 1.165) is 6.42 Å². The second kappa shape index (κ2) is 11.0. The van der Waals surface area contributed by atoms with Gasteiger partial charge in [0.05, 0.1) is 25.7 Å². The van der Waals surface area contributed by atoms with Crippen LogP contribution in [0.15, 0.2) is 65.3 Å². The van der Waals surface area contributed by atoms with Crippen LogP contribution in [0.3, 0.4) is 0 Å². The van der Waals surface area contributed by atoms with Crippen LogP contribution in [-0.4, -0.2) is 30.6 Å². The average Bonchev–Trinajstić information content (AvgIpc) is 3.33. The van der Waals surface area contributed by atoms with E-state index in [0.29, 0.717) is 35.0 Å². The Labute approximate surface area is 190 Å². The van der Waals surface area contributed by atoms with E-state index in [-0.39, 0.29) is 16.8 Å². The van der Waals surface area contributed by atoms with E-state index in [9.17, 15) is 9.59 Å². The quantitative estimate of drug-likeness (QED) is 0.433. The molecule has 1 aromatic heterocycles. The maximum atomic E-state index is 12.5.